The maximum atomic E-state index is 14.6. The molecule has 3 saturated carbocycles. The lowest BCUT2D eigenvalue weighted by atomic mass is 9.74. The van der Waals surface area contributed by atoms with Crippen molar-refractivity contribution < 1.29 is 46.1 Å². The zero-order valence-corrected chi connectivity index (χ0v) is 24.0. The summed E-state index contributed by atoms with van der Waals surface area (Å²) in [6.45, 7) is 5.04. The van der Waals surface area contributed by atoms with Crippen LogP contribution in [0.4, 0.5) is 26.3 Å². The number of carbonyl (C=O) groups excluding carboxylic acids is 1. The number of aliphatic hydroxyl groups is 1. The molecule has 7 nitrogen and oxygen atoms in total. The third kappa shape index (κ3) is 5.64. The Morgan fingerprint density at radius 3 is 2.14 bits per heavy atom. The number of rotatable bonds is 7. The van der Waals surface area contributed by atoms with Crippen molar-refractivity contribution in [2.75, 3.05) is 6.54 Å². The molecule has 43 heavy (non-hydrogen) atoms. The molecule has 0 aliphatic heterocycles. The standard InChI is InChI=1S/C30H35F6N3O4/c1-27(2)21-12-17(13-22(21)27)38(15-23(40)18-6-4-5-7-20(18)29(31,32)33)25(41)19-14-37-39(24(19)30(34,35)36)16-8-10-28(3,11-9-16)26(42)43/h4-7,14,16-17,21-23,40H,8-13,15H2,1-3H3,(H,42,43)/t16-,17-,21+,22-,23-,28-/m1/s1. The summed E-state index contributed by atoms with van der Waals surface area (Å²) in [6, 6.07) is 3.03. The number of halogens is 6. The average Bonchev–Trinajstić information content (AvgIpc) is 3.35. The summed E-state index contributed by atoms with van der Waals surface area (Å²) in [5.41, 5.74) is -4.64. The van der Waals surface area contributed by atoms with Crippen LogP contribution < -0.4 is 0 Å². The van der Waals surface area contributed by atoms with Crippen LogP contribution in [0.3, 0.4) is 0 Å². The molecule has 2 N–H and O–H groups in total. The van der Waals surface area contributed by atoms with E-state index >= 15 is 0 Å². The lowest BCUT2D eigenvalue weighted by Crippen LogP contribution is -2.43. The fourth-order valence-corrected chi connectivity index (χ4v) is 7.39. The van der Waals surface area contributed by atoms with E-state index in [1.807, 2.05) is 0 Å². The van der Waals surface area contributed by atoms with Crippen LogP contribution in [0.25, 0.3) is 0 Å². The first-order chi connectivity index (χ1) is 19.9. The summed E-state index contributed by atoms with van der Waals surface area (Å²) < 4.78 is 85.6. The van der Waals surface area contributed by atoms with E-state index in [0.717, 1.165) is 27.9 Å². The number of aliphatic carboxylic acids is 1. The maximum Gasteiger partial charge on any atom is 0.433 e. The number of hydrogen-bond donors (Lipinski definition) is 2. The van der Waals surface area contributed by atoms with Gasteiger partial charge in [0.1, 0.15) is 0 Å². The lowest BCUT2D eigenvalue weighted by Gasteiger charge is -2.35. The molecule has 2 aromatic rings. The van der Waals surface area contributed by atoms with Gasteiger partial charge in [0.05, 0.1) is 41.4 Å². The third-order valence-corrected chi connectivity index (χ3v) is 10.3. The normalized spacial score (nSPS) is 29.2. The Morgan fingerprint density at radius 1 is 1.02 bits per heavy atom. The Labute approximate surface area is 244 Å². The summed E-state index contributed by atoms with van der Waals surface area (Å²) in [5, 5.41) is 24.5. The second-order valence-electron chi connectivity index (χ2n) is 13.2. The van der Waals surface area contributed by atoms with Crippen LogP contribution in [0.5, 0.6) is 0 Å². The molecule has 0 saturated heterocycles. The molecule has 4 atom stereocenters. The predicted molar refractivity (Wildman–Crippen MR) is 142 cm³/mol. The molecule has 236 valence electrons. The summed E-state index contributed by atoms with van der Waals surface area (Å²) in [5.74, 6) is -1.67. The average molecular weight is 616 g/mol. The second-order valence-corrected chi connectivity index (χ2v) is 13.2. The molecular weight excluding hydrogens is 580 g/mol. The lowest BCUT2D eigenvalue weighted by molar-refractivity contribution is -0.152. The van der Waals surface area contributed by atoms with Gasteiger partial charge in [-0.05, 0) is 74.3 Å². The molecule has 1 heterocycles. The number of aliphatic hydroxyl groups excluding tert-OH is 1. The smallest absolute Gasteiger partial charge is 0.433 e. The van der Waals surface area contributed by atoms with Gasteiger partial charge in [0.15, 0.2) is 5.69 Å². The number of aromatic nitrogens is 2. The predicted octanol–water partition coefficient (Wildman–Crippen LogP) is 6.74. The van der Waals surface area contributed by atoms with E-state index in [9.17, 15) is 46.1 Å². The summed E-state index contributed by atoms with van der Waals surface area (Å²) >= 11 is 0. The molecule has 0 radical (unpaired) electrons. The zero-order chi connectivity index (χ0) is 31.7. The number of benzene rings is 1. The van der Waals surface area contributed by atoms with E-state index < -0.39 is 76.8 Å². The topological polar surface area (TPSA) is 95.7 Å². The molecule has 0 unspecified atom stereocenters. The third-order valence-electron chi connectivity index (χ3n) is 10.3. The summed E-state index contributed by atoms with van der Waals surface area (Å²) in [7, 11) is 0. The van der Waals surface area contributed by atoms with Crippen molar-refractivity contribution in [1.82, 2.24) is 14.7 Å². The first kappa shape index (κ1) is 31.3. The zero-order valence-electron chi connectivity index (χ0n) is 24.0. The van der Waals surface area contributed by atoms with Crippen LogP contribution >= 0.6 is 0 Å². The largest absolute Gasteiger partial charge is 0.481 e. The number of carbonyl (C=O) groups is 2. The second kappa shape index (κ2) is 10.5. The molecular formula is C30H35F6N3O4. The fraction of sp³-hybridized carbons (Fsp3) is 0.633. The highest BCUT2D eigenvalue weighted by Crippen LogP contribution is 2.67. The van der Waals surface area contributed by atoms with Crippen molar-refractivity contribution in [1.29, 1.82) is 0 Å². The van der Waals surface area contributed by atoms with Gasteiger partial charge >= 0.3 is 18.3 Å². The number of amides is 1. The molecule has 5 rings (SSSR count). The Hall–Kier alpha value is -3.09. The number of hydrogen-bond acceptors (Lipinski definition) is 4. The minimum Gasteiger partial charge on any atom is -0.481 e. The van der Waals surface area contributed by atoms with E-state index in [2.05, 4.69) is 18.9 Å². The van der Waals surface area contributed by atoms with Gasteiger partial charge < -0.3 is 15.1 Å². The van der Waals surface area contributed by atoms with Crippen molar-refractivity contribution in [2.24, 2.45) is 22.7 Å². The highest BCUT2D eigenvalue weighted by atomic mass is 19.4. The SMILES string of the molecule is CC1(C)[C@@H]2C[C@H](N(C[C@@H](O)c3ccccc3C(F)(F)F)C(=O)c3cnn([C@H]4CC[C@](C)(C(=O)O)CC4)c3C(F)(F)F)C[C@@H]21. The van der Waals surface area contributed by atoms with E-state index in [4.69, 9.17) is 0 Å². The number of nitrogens with zero attached hydrogens (tertiary/aromatic N) is 3. The fourth-order valence-electron chi connectivity index (χ4n) is 7.39. The Balaban J connectivity index is 1.48. The van der Waals surface area contributed by atoms with Crippen LogP contribution in [0, 0.1) is 22.7 Å². The van der Waals surface area contributed by atoms with Crippen molar-refractivity contribution in [3.63, 3.8) is 0 Å². The minimum absolute atomic E-state index is 0.000164. The summed E-state index contributed by atoms with van der Waals surface area (Å²) in [4.78, 5) is 26.7. The Morgan fingerprint density at radius 2 is 1.60 bits per heavy atom. The van der Waals surface area contributed by atoms with Crippen molar-refractivity contribution in [3.8, 4) is 0 Å². The first-order valence-electron chi connectivity index (χ1n) is 14.4. The molecule has 0 spiro atoms. The van der Waals surface area contributed by atoms with Crippen LogP contribution in [0.2, 0.25) is 0 Å². The molecule has 13 heteroatoms. The monoisotopic (exact) mass is 615 g/mol. The maximum absolute atomic E-state index is 14.6. The summed E-state index contributed by atoms with van der Waals surface area (Å²) in [6.07, 6.45) is -9.35. The Bertz CT molecular complexity index is 1380. The molecule has 0 bridgehead atoms. The van der Waals surface area contributed by atoms with Crippen molar-refractivity contribution >= 4 is 11.9 Å². The van der Waals surface area contributed by atoms with Gasteiger partial charge in [0.25, 0.3) is 5.91 Å². The molecule has 1 aromatic carbocycles. The van der Waals surface area contributed by atoms with Gasteiger partial charge in [0.2, 0.25) is 0 Å². The van der Waals surface area contributed by atoms with Crippen LogP contribution in [0.1, 0.15) is 98.6 Å². The van der Waals surface area contributed by atoms with Gasteiger partial charge in [-0.15, -0.1) is 0 Å². The van der Waals surface area contributed by atoms with Crippen LogP contribution in [-0.4, -0.2) is 49.4 Å². The van der Waals surface area contributed by atoms with E-state index in [1.165, 1.54) is 12.1 Å². The van der Waals surface area contributed by atoms with Crippen molar-refractivity contribution in [2.45, 2.75) is 89.8 Å². The number of fused-ring (bicyclic) bond motifs is 1. The quantitative estimate of drug-likeness (QED) is 0.337. The van der Waals surface area contributed by atoms with E-state index in [1.54, 1.807) is 6.92 Å². The number of alkyl halides is 6. The minimum atomic E-state index is -5.00. The van der Waals surface area contributed by atoms with Gasteiger partial charge in [-0.2, -0.15) is 31.4 Å². The van der Waals surface area contributed by atoms with Crippen LogP contribution in [0.15, 0.2) is 30.5 Å². The molecule has 3 fully saturated rings. The van der Waals surface area contributed by atoms with E-state index in [0.29, 0.717) is 12.8 Å². The highest BCUT2D eigenvalue weighted by molar-refractivity contribution is 5.95. The Kier molecular flexibility index (Phi) is 7.67. The highest BCUT2D eigenvalue weighted by Gasteiger charge is 2.63. The first-order valence-corrected chi connectivity index (χ1v) is 14.4. The molecule has 3 aliphatic carbocycles. The van der Waals surface area contributed by atoms with Gasteiger partial charge in [0, 0.05) is 6.04 Å². The van der Waals surface area contributed by atoms with Gasteiger partial charge in [-0.1, -0.05) is 32.0 Å². The number of carboxylic acid groups (broad SMARTS) is 1. The van der Waals surface area contributed by atoms with Crippen LogP contribution in [-0.2, 0) is 17.1 Å². The number of carboxylic acids is 1. The molecule has 1 aromatic heterocycles. The van der Waals surface area contributed by atoms with Gasteiger partial charge in [-0.25, -0.2) is 0 Å². The molecule has 3 aliphatic rings. The molecule has 1 amide bonds. The van der Waals surface area contributed by atoms with Crippen molar-refractivity contribution in [3.05, 3.63) is 52.8 Å². The van der Waals surface area contributed by atoms with Gasteiger partial charge in [-0.3, -0.25) is 14.3 Å². The van der Waals surface area contributed by atoms with E-state index in [-0.39, 0.29) is 42.9 Å².